The fraction of sp³-hybridized carbons (Fsp3) is 0.0625. The van der Waals surface area contributed by atoms with E-state index in [0.717, 1.165) is 3.57 Å². The predicted molar refractivity (Wildman–Crippen MR) is 104 cm³/mol. The number of methoxy groups -OCH3 is 1. The second kappa shape index (κ2) is 8.06. The first kappa shape index (κ1) is 18.1. The second-order valence-electron chi connectivity index (χ2n) is 4.67. The summed E-state index contributed by atoms with van der Waals surface area (Å²) in [6.45, 7) is 0. The third-order valence-electron chi connectivity index (χ3n) is 3.08. The van der Waals surface area contributed by atoms with Crippen LogP contribution < -0.4 is 21.1 Å². The summed E-state index contributed by atoms with van der Waals surface area (Å²) in [5.74, 6) is -0.273. The molecule has 124 valence electrons. The van der Waals surface area contributed by atoms with Crippen LogP contribution in [0.4, 0.5) is 5.69 Å². The van der Waals surface area contributed by atoms with Gasteiger partial charge in [-0.15, -0.1) is 0 Å². The summed E-state index contributed by atoms with van der Waals surface area (Å²) in [4.78, 5) is 23.6. The van der Waals surface area contributed by atoms with Gasteiger partial charge >= 0.3 is 0 Å². The number of carbonyl (C=O) groups excluding carboxylic acids is 2. The zero-order valence-corrected chi connectivity index (χ0v) is 15.6. The smallest absolute Gasteiger partial charge is 0.257 e. The predicted octanol–water partition coefficient (Wildman–Crippen LogP) is 2.53. The first-order valence-electron chi connectivity index (χ1n) is 6.77. The van der Waals surface area contributed by atoms with Crippen LogP contribution in [0, 0.1) is 3.57 Å². The molecular formula is C16H14IN3O3S. The van der Waals surface area contributed by atoms with Gasteiger partial charge in [0.15, 0.2) is 5.11 Å². The summed E-state index contributed by atoms with van der Waals surface area (Å²) in [5, 5.41) is 5.43. The van der Waals surface area contributed by atoms with Gasteiger partial charge in [0.05, 0.1) is 21.9 Å². The maximum Gasteiger partial charge on any atom is 0.257 e. The number of benzene rings is 2. The highest BCUT2D eigenvalue weighted by Gasteiger charge is 2.12. The van der Waals surface area contributed by atoms with Gasteiger partial charge < -0.3 is 15.8 Å². The Morgan fingerprint density at radius 1 is 1.21 bits per heavy atom. The van der Waals surface area contributed by atoms with Crippen LogP contribution in [0.3, 0.4) is 0 Å². The van der Waals surface area contributed by atoms with Crippen molar-refractivity contribution in [3.63, 3.8) is 0 Å². The standard InChI is InChI=1S/C16H14IN3O3S/c1-23-13-7-6-9(8-11(13)17)15(22)20-16(24)19-12-5-3-2-4-10(12)14(18)21/h2-8H,1H3,(H2,18,21)(H2,19,20,22,24). The van der Waals surface area contributed by atoms with E-state index in [9.17, 15) is 9.59 Å². The normalized spacial score (nSPS) is 9.92. The number of nitrogens with two attached hydrogens (primary N) is 1. The van der Waals surface area contributed by atoms with E-state index in [-0.39, 0.29) is 16.6 Å². The molecule has 2 amide bonds. The average molecular weight is 455 g/mol. The molecule has 0 saturated carbocycles. The van der Waals surface area contributed by atoms with Crippen molar-refractivity contribution in [1.82, 2.24) is 5.32 Å². The molecule has 0 saturated heterocycles. The summed E-state index contributed by atoms with van der Waals surface area (Å²) in [6, 6.07) is 11.7. The highest BCUT2D eigenvalue weighted by atomic mass is 127. The van der Waals surface area contributed by atoms with Crippen LogP contribution >= 0.6 is 34.8 Å². The molecule has 0 aromatic heterocycles. The van der Waals surface area contributed by atoms with E-state index in [0.29, 0.717) is 17.0 Å². The molecule has 0 aliphatic heterocycles. The fourth-order valence-electron chi connectivity index (χ4n) is 1.94. The van der Waals surface area contributed by atoms with Gasteiger partial charge in [-0.1, -0.05) is 12.1 Å². The Morgan fingerprint density at radius 2 is 1.92 bits per heavy atom. The number of amides is 2. The minimum absolute atomic E-state index is 0.0690. The van der Waals surface area contributed by atoms with E-state index < -0.39 is 5.91 Å². The Balaban J connectivity index is 2.09. The van der Waals surface area contributed by atoms with E-state index in [2.05, 4.69) is 33.2 Å². The molecule has 0 atom stereocenters. The minimum Gasteiger partial charge on any atom is -0.496 e. The fourth-order valence-corrected chi connectivity index (χ4v) is 2.88. The van der Waals surface area contributed by atoms with Crippen molar-refractivity contribution in [2.75, 3.05) is 12.4 Å². The number of para-hydroxylation sites is 1. The van der Waals surface area contributed by atoms with Gasteiger partial charge in [-0.3, -0.25) is 14.9 Å². The number of rotatable bonds is 4. The van der Waals surface area contributed by atoms with Gasteiger partial charge in [0.2, 0.25) is 0 Å². The Morgan fingerprint density at radius 3 is 2.54 bits per heavy atom. The van der Waals surface area contributed by atoms with Crippen LogP contribution in [-0.4, -0.2) is 24.0 Å². The summed E-state index contributed by atoms with van der Waals surface area (Å²) in [5.41, 5.74) is 6.46. The lowest BCUT2D eigenvalue weighted by atomic mass is 10.1. The molecule has 0 aliphatic carbocycles. The van der Waals surface area contributed by atoms with Crippen LogP contribution in [0.15, 0.2) is 42.5 Å². The first-order valence-corrected chi connectivity index (χ1v) is 8.25. The van der Waals surface area contributed by atoms with Crippen molar-refractivity contribution in [2.24, 2.45) is 5.73 Å². The van der Waals surface area contributed by atoms with Gasteiger partial charge in [0, 0.05) is 5.56 Å². The van der Waals surface area contributed by atoms with Crippen LogP contribution in [-0.2, 0) is 0 Å². The third-order valence-corrected chi connectivity index (χ3v) is 4.13. The Bertz CT molecular complexity index is 811. The molecular weight excluding hydrogens is 441 g/mol. The number of hydrogen-bond acceptors (Lipinski definition) is 4. The Labute approximate surface area is 157 Å². The summed E-state index contributed by atoms with van der Waals surface area (Å²) in [6.07, 6.45) is 0. The SMILES string of the molecule is COc1ccc(C(=O)NC(=S)Nc2ccccc2C(N)=O)cc1I. The molecule has 0 aliphatic rings. The number of carbonyl (C=O) groups is 2. The lowest BCUT2D eigenvalue weighted by Gasteiger charge is -2.12. The number of hydrogen-bond donors (Lipinski definition) is 3. The van der Waals surface area contributed by atoms with Crippen LogP contribution in [0.25, 0.3) is 0 Å². The molecule has 4 N–H and O–H groups in total. The van der Waals surface area contributed by atoms with Crippen molar-refractivity contribution in [1.29, 1.82) is 0 Å². The summed E-state index contributed by atoms with van der Waals surface area (Å²) in [7, 11) is 1.56. The first-order chi connectivity index (χ1) is 11.4. The molecule has 2 aromatic carbocycles. The third kappa shape index (κ3) is 4.42. The van der Waals surface area contributed by atoms with Crippen molar-refractivity contribution < 1.29 is 14.3 Å². The summed E-state index contributed by atoms with van der Waals surface area (Å²) < 4.78 is 5.96. The number of thiocarbonyl (C=S) groups is 1. The number of primary amides is 1. The lowest BCUT2D eigenvalue weighted by molar-refractivity contribution is 0.0975. The van der Waals surface area contributed by atoms with Crippen molar-refractivity contribution in [3.8, 4) is 5.75 Å². The van der Waals surface area contributed by atoms with Gasteiger partial charge in [0.25, 0.3) is 11.8 Å². The lowest BCUT2D eigenvalue weighted by Crippen LogP contribution is -2.34. The van der Waals surface area contributed by atoms with E-state index in [4.69, 9.17) is 22.7 Å². The largest absolute Gasteiger partial charge is 0.496 e. The zero-order valence-electron chi connectivity index (χ0n) is 12.6. The topological polar surface area (TPSA) is 93.4 Å². The Hall–Kier alpha value is -2.20. The Kier molecular flexibility index (Phi) is 6.10. The van der Waals surface area contributed by atoms with Crippen LogP contribution in [0.2, 0.25) is 0 Å². The van der Waals surface area contributed by atoms with Gasteiger partial charge in [-0.05, 0) is 65.1 Å². The average Bonchev–Trinajstić information content (AvgIpc) is 2.54. The van der Waals surface area contributed by atoms with Crippen LogP contribution in [0.5, 0.6) is 5.75 Å². The quantitative estimate of drug-likeness (QED) is 0.487. The summed E-state index contributed by atoms with van der Waals surface area (Å²) >= 11 is 7.20. The maximum absolute atomic E-state index is 12.2. The maximum atomic E-state index is 12.2. The van der Waals surface area contributed by atoms with Crippen molar-refractivity contribution in [2.45, 2.75) is 0 Å². The highest BCUT2D eigenvalue weighted by Crippen LogP contribution is 2.21. The molecule has 8 heteroatoms. The molecule has 24 heavy (non-hydrogen) atoms. The second-order valence-corrected chi connectivity index (χ2v) is 6.24. The highest BCUT2D eigenvalue weighted by molar-refractivity contribution is 14.1. The van der Waals surface area contributed by atoms with E-state index in [1.165, 1.54) is 0 Å². The minimum atomic E-state index is -0.586. The van der Waals surface area contributed by atoms with Crippen molar-refractivity contribution >= 4 is 57.4 Å². The van der Waals surface area contributed by atoms with Gasteiger partial charge in [-0.25, -0.2) is 0 Å². The molecule has 0 fully saturated rings. The molecule has 0 unspecified atom stereocenters. The molecule has 6 nitrogen and oxygen atoms in total. The van der Waals surface area contributed by atoms with E-state index in [1.54, 1.807) is 49.6 Å². The molecule has 0 heterocycles. The van der Waals surface area contributed by atoms with Crippen molar-refractivity contribution in [3.05, 3.63) is 57.2 Å². The number of anilines is 1. The zero-order chi connectivity index (χ0) is 17.7. The monoisotopic (exact) mass is 455 g/mol. The van der Waals surface area contributed by atoms with E-state index >= 15 is 0 Å². The molecule has 0 spiro atoms. The molecule has 0 bridgehead atoms. The molecule has 2 aromatic rings. The number of ether oxygens (including phenoxy) is 1. The molecule has 2 rings (SSSR count). The van der Waals surface area contributed by atoms with Gasteiger partial charge in [-0.2, -0.15) is 0 Å². The molecule has 0 radical (unpaired) electrons. The number of halogens is 1. The van der Waals surface area contributed by atoms with Crippen LogP contribution in [0.1, 0.15) is 20.7 Å². The van der Waals surface area contributed by atoms with E-state index in [1.807, 2.05) is 0 Å². The number of nitrogens with one attached hydrogen (secondary N) is 2. The van der Waals surface area contributed by atoms with Gasteiger partial charge in [0.1, 0.15) is 5.75 Å².